The molecular weight excluding hydrogens is 449 g/mol. The summed E-state index contributed by atoms with van der Waals surface area (Å²) in [6.45, 7) is 3.96. The number of quaternary nitrogens is 1. The molecule has 2 fully saturated rings. The molecule has 1 saturated heterocycles. The number of rotatable bonds is 6. The molecule has 3 rings (SSSR count). The molecule has 0 aromatic heterocycles. The van der Waals surface area contributed by atoms with Crippen LogP contribution >= 0.6 is 0 Å². The molecular formula is C22H38INOSi. The van der Waals surface area contributed by atoms with Gasteiger partial charge in [0, 0.05) is 6.23 Å². The number of halogens is 1. The van der Waals surface area contributed by atoms with Crippen LogP contribution in [0.4, 0.5) is 0 Å². The summed E-state index contributed by atoms with van der Waals surface area (Å²) in [4.78, 5) is 0. The Morgan fingerprint density at radius 2 is 1.50 bits per heavy atom. The second kappa shape index (κ2) is 10.6. The molecule has 0 spiro atoms. The second-order valence-corrected chi connectivity index (χ2v) is 13.5. The number of nitrogens with zero attached hydrogens (tertiary/aromatic N) is 1. The van der Waals surface area contributed by atoms with E-state index in [2.05, 4.69) is 37.4 Å². The first-order chi connectivity index (χ1) is 12.2. The first-order valence-electron chi connectivity index (χ1n) is 10.7. The van der Waals surface area contributed by atoms with Crippen molar-refractivity contribution in [2.24, 2.45) is 0 Å². The predicted molar refractivity (Wildman–Crippen MR) is 110 cm³/mol. The molecule has 0 amide bonds. The van der Waals surface area contributed by atoms with Gasteiger partial charge in [-0.2, -0.15) is 0 Å². The van der Waals surface area contributed by atoms with E-state index in [9.17, 15) is 5.11 Å². The van der Waals surface area contributed by atoms with E-state index >= 15 is 0 Å². The summed E-state index contributed by atoms with van der Waals surface area (Å²) >= 11 is 0. The van der Waals surface area contributed by atoms with Gasteiger partial charge in [0.2, 0.25) is 0 Å². The van der Waals surface area contributed by atoms with E-state index in [1.165, 1.54) is 93.1 Å². The Labute approximate surface area is 179 Å². The first kappa shape index (κ1) is 22.4. The zero-order valence-corrected chi connectivity index (χ0v) is 19.8. The third kappa shape index (κ3) is 5.33. The lowest BCUT2D eigenvalue weighted by Crippen LogP contribution is -3.00. The second-order valence-electron chi connectivity index (χ2n) is 8.97. The normalized spacial score (nSPS) is 23.5. The van der Waals surface area contributed by atoms with E-state index in [-0.39, 0.29) is 24.0 Å². The number of hydrogen-bond donors (Lipinski definition) is 1. The third-order valence-electron chi connectivity index (χ3n) is 7.26. The minimum Gasteiger partial charge on any atom is -1.00 e. The van der Waals surface area contributed by atoms with Gasteiger partial charge in [0.1, 0.15) is 8.07 Å². The van der Waals surface area contributed by atoms with Crippen LogP contribution in [-0.4, -0.2) is 50.6 Å². The summed E-state index contributed by atoms with van der Waals surface area (Å²) in [7, 11) is 0.628. The number of aliphatic hydroxyl groups excluding tert-OH is 1. The van der Waals surface area contributed by atoms with Crippen molar-refractivity contribution < 1.29 is 33.6 Å². The lowest BCUT2D eigenvalue weighted by atomic mass is 10.0. The number of likely N-dealkylation sites (tertiary alicyclic amines) is 1. The maximum Gasteiger partial charge on any atom is 0.123 e. The van der Waals surface area contributed by atoms with E-state index in [4.69, 9.17) is 0 Å². The molecule has 1 aromatic rings. The fraction of sp³-hybridized carbons (Fsp3) is 0.727. The zero-order valence-electron chi connectivity index (χ0n) is 16.6. The number of hydrogen-bond acceptors (Lipinski definition) is 1. The van der Waals surface area contributed by atoms with Crippen LogP contribution in [0.3, 0.4) is 0 Å². The third-order valence-corrected chi connectivity index (χ3v) is 12.6. The van der Waals surface area contributed by atoms with Gasteiger partial charge in [-0.15, -0.1) is 0 Å². The number of benzene rings is 1. The Kier molecular flexibility index (Phi) is 9.11. The van der Waals surface area contributed by atoms with E-state index in [0.29, 0.717) is 6.23 Å². The van der Waals surface area contributed by atoms with E-state index in [1.807, 2.05) is 0 Å². The zero-order chi connectivity index (χ0) is 17.6. The topological polar surface area (TPSA) is 20.2 Å². The minimum absolute atomic E-state index is 0. The predicted octanol–water partition coefficient (Wildman–Crippen LogP) is 1.23. The molecule has 2 aliphatic rings. The lowest BCUT2D eigenvalue weighted by molar-refractivity contribution is -0.907. The molecule has 0 radical (unpaired) electrons. The average molecular weight is 488 g/mol. The molecule has 1 N–H and O–H groups in total. The highest BCUT2D eigenvalue weighted by molar-refractivity contribution is 6.93. The summed E-state index contributed by atoms with van der Waals surface area (Å²) in [5, 5.41) is 12.2. The Morgan fingerprint density at radius 1 is 0.923 bits per heavy atom. The average Bonchev–Trinajstić information content (AvgIpc) is 2.89. The SMILES string of the molecule is C[N+]1(CC[Si@](CO)(c2ccccc2)C2CCCCC2)CCCCCC1.[I-]. The van der Waals surface area contributed by atoms with E-state index in [0.717, 1.165) is 5.54 Å². The van der Waals surface area contributed by atoms with Gasteiger partial charge in [0.05, 0.1) is 26.7 Å². The first-order valence-corrected chi connectivity index (χ1v) is 13.2. The monoisotopic (exact) mass is 487 g/mol. The van der Waals surface area contributed by atoms with E-state index in [1.54, 1.807) is 0 Å². The van der Waals surface area contributed by atoms with Gasteiger partial charge < -0.3 is 33.6 Å². The van der Waals surface area contributed by atoms with Gasteiger partial charge in [0.25, 0.3) is 0 Å². The van der Waals surface area contributed by atoms with Crippen molar-refractivity contribution in [1.82, 2.24) is 0 Å². The Bertz CT molecular complexity index is 512. The molecule has 0 bridgehead atoms. The van der Waals surface area contributed by atoms with Crippen LogP contribution in [-0.2, 0) is 0 Å². The molecule has 2 nitrogen and oxygen atoms in total. The van der Waals surface area contributed by atoms with Crippen LogP contribution in [0.15, 0.2) is 30.3 Å². The van der Waals surface area contributed by atoms with Crippen LogP contribution in [0.2, 0.25) is 11.6 Å². The molecule has 1 aromatic carbocycles. The van der Waals surface area contributed by atoms with Crippen LogP contribution < -0.4 is 29.2 Å². The van der Waals surface area contributed by atoms with Crippen molar-refractivity contribution in [3.63, 3.8) is 0 Å². The quantitative estimate of drug-likeness (QED) is 0.364. The minimum atomic E-state index is -1.85. The summed E-state index contributed by atoms with van der Waals surface area (Å²) in [6, 6.07) is 12.5. The fourth-order valence-corrected chi connectivity index (χ4v) is 10.5. The molecule has 1 saturated carbocycles. The fourth-order valence-electron chi connectivity index (χ4n) is 5.45. The van der Waals surface area contributed by atoms with Crippen molar-refractivity contribution in [2.45, 2.75) is 69.4 Å². The molecule has 1 atom stereocenters. The highest BCUT2D eigenvalue weighted by Gasteiger charge is 2.44. The lowest BCUT2D eigenvalue weighted by Gasteiger charge is -2.43. The smallest absolute Gasteiger partial charge is 0.123 e. The molecule has 148 valence electrons. The van der Waals surface area contributed by atoms with Crippen LogP contribution in [0.1, 0.15) is 57.8 Å². The highest BCUT2D eigenvalue weighted by atomic mass is 127. The van der Waals surface area contributed by atoms with Crippen LogP contribution in [0, 0.1) is 0 Å². The summed E-state index contributed by atoms with van der Waals surface area (Å²) in [5.41, 5.74) is 0.784. The highest BCUT2D eigenvalue weighted by Crippen LogP contribution is 2.39. The van der Waals surface area contributed by atoms with Crippen molar-refractivity contribution in [2.75, 3.05) is 32.9 Å². The van der Waals surface area contributed by atoms with Gasteiger partial charge in [0.15, 0.2) is 0 Å². The van der Waals surface area contributed by atoms with E-state index < -0.39 is 8.07 Å². The maximum atomic E-state index is 10.7. The van der Waals surface area contributed by atoms with Gasteiger partial charge in [-0.1, -0.05) is 67.6 Å². The molecule has 26 heavy (non-hydrogen) atoms. The molecule has 0 unspecified atom stereocenters. The van der Waals surface area contributed by atoms with Crippen LogP contribution in [0.5, 0.6) is 0 Å². The summed E-state index contributed by atoms with van der Waals surface area (Å²) in [5.74, 6) is 0. The molecule has 1 heterocycles. The van der Waals surface area contributed by atoms with Gasteiger partial charge in [-0.3, -0.25) is 0 Å². The van der Waals surface area contributed by atoms with Gasteiger partial charge in [-0.25, -0.2) is 0 Å². The van der Waals surface area contributed by atoms with Gasteiger partial charge in [-0.05, 0) is 37.3 Å². The molecule has 1 aliphatic carbocycles. The standard InChI is InChI=1S/C22H38NOSi.HI/c1-23(16-10-2-3-11-17-23)18-19-25(20-24,21-12-6-4-7-13-21)22-14-8-5-9-15-22;/h4,6-7,12-13,22,24H,2-3,5,8-11,14-20H2,1H3;1H/q+1;/p-1/t25-;/m0./s1. The van der Waals surface area contributed by atoms with Gasteiger partial charge >= 0.3 is 0 Å². The Hall–Kier alpha value is 0.0869. The molecule has 4 heteroatoms. The van der Waals surface area contributed by atoms with Crippen molar-refractivity contribution in [1.29, 1.82) is 0 Å². The van der Waals surface area contributed by atoms with Crippen molar-refractivity contribution in [3.05, 3.63) is 30.3 Å². The van der Waals surface area contributed by atoms with Crippen molar-refractivity contribution >= 4 is 13.3 Å². The Morgan fingerprint density at radius 3 is 2.08 bits per heavy atom. The number of aliphatic hydroxyl groups is 1. The van der Waals surface area contributed by atoms with Crippen molar-refractivity contribution in [3.8, 4) is 0 Å². The van der Waals surface area contributed by atoms with Crippen LogP contribution in [0.25, 0.3) is 0 Å². The summed E-state index contributed by atoms with van der Waals surface area (Å²) < 4.78 is 1.24. The molecule has 1 aliphatic heterocycles. The summed E-state index contributed by atoms with van der Waals surface area (Å²) in [6.07, 6.45) is 12.9. The largest absolute Gasteiger partial charge is 1.00 e. The Balaban J connectivity index is 0.00000243. The maximum absolute atomic E-state index is 10.7.